The minimum Gasteiger partial charge on any atom is -0.469 e. The Hall–Kier alpha value is -4.01. The Labute approximate surface area is 163 Å². The molecule has 146 valence electrons. The Morgan fingerprint density at radius 1 is 1.03 bits per heavy atom. The third-order valence-electron chi connectivity index (χ3n) is 4.40. The predicted octanol–water partition coefficient (Wildman–Crippen LogP) is 3.31. The molecule has 2 amide bonds. The molecule has 2 N–H and O–H groups in total. The lowest BCUT2D eigenvalue weighted by atomic mass is 10.0. The lowest BCUT2D eigenvalue weighted by molar-refractivity contribution is 0.0846. The number of benzene rings is 1. The summed E-state index contributed by atoms with van der Waals surface area (Å²) in [6.07, 6.45) is 1.37. The molecule has 4 rings (SSSR count). The Bertz CT molecular complexity index is 1240. The molecule has 0 spiro atoms. The van der Waals surface area contributed by atoms with Gasteiger partial charge in [-0.1, -0.05) is 17.3 Å². The summed E-state index contributed by atoms with van der Waals surface area (Å²) < 4.78 is 24.5. The van der Waals surface area contributed by atoms with Crippen molar-refractivity contribution >= 4 is 22.9 Å². The molecule has 3 heterocycles. The molecule has 29 heavy (non-hydrogen) atoms. The number of hydrogen-bond donors (Lipinski definition) is 2. The molecule has 0 aliphatic carbocycles. The van der Waals surface area contributed by atoms with Crippen LogP contribution in [0.15, 0.2) is 51.6 Å². The third kappa shape index (κ3) is 3.33. The molecule has 9 heteroatoms. The lowest BCUT2D eigenvalue weighted by Gasteiger charge is -2.09. The van der Waals surface area contributed by atoms with E-state index in [-0.39, 0.29) is 22.5 Å². The van der Waals surface area contributed by atoms with Gasteiger partial charge in [0.15, 0.2) is 0 Å². The van der Waals surface area contributed by atoms with E-state index in [0.29, 0.717) is 22.4 Å². The normalized spacial score (nSPS) is 10.9. The first-order valence-corrected chi connectivity index (χ1v) is 8.62. The SMILES string of the molecule is Cc1occc1C(=O)NNC(=O)c1cc(-c2ccccc2F)nc2onc(C)c12. The van der Waals surface area contributed by atoms with Crippen molar-refractivity contribution in [3.05, 3.63) is 71.1 Å². The fourth-order valence-corrected chi connectivity index (χ4v) is 2.95. The van der Waals surface area contributed by atoms with Gasteiger partial charge in [0, 0.05) is 5.56 Å². The third-order valence-corrected chi connectivity index (χ3v) is 4.40. The molecular formula is C20H15FN4O4. The van der Waals surface area contributed by atoms with Gasteiger partial charge < -0.3 is 8.94 Å². The van der Waals surface area contributed by atoms with Crippen LogP contribution >= 0.6 is 0 Å². The van der Waals surface area contributed by atoms with Crippen molar-refractivity contribution in [2.75, 3.05) is 0 Å². The van der Waals surface area contributed by atoms with E-state index in [2.05, 4.69) is 21.0 Å². The Morgan fingerprint density at radius 2 is 1.76 bits per heavy atom. The first-order chi connectivity index (χ1) is 14.0. The Morgan fingerprint density at radius 3 is 2.45 bits per heavy atom. The number of aromatic nitrogens is 2. The first kappa shape index (κ1) is 18.4. The number of furan rings is 1. The summed E-state index contributed by atoms with van der Waals surface area (Å²) in [5.41, 5.74) is 6.03. The van der Waals surface area contributed by atoms with Crippen LogP contribution in [0.1, 0.15) is 32.2 Å². The summed E-state index contributed by atoms with van der Waals surface area (Å²) in [4.78, 5) is 29.3. The molecule has 0 atom stereocenters. The van der Waals surface area contributed by atoms with Gasteiger partial charge in [0.1, 0.15) is 11.6 Å². The molecule has 0 radical (unpaired) electrons. The van der Waals surface area contributed by atoms with Crippen molar-refractivity contribution in [2.45, 2.75) is 13.8 Å². The largest absolute Gasteiger partial charge is 0.469 e. The number of nitrogens with zero attached hydrogens (tertiary/aromatic N) is 2. The molecule has 0 saturated carbocycles. The molecule has 0 aliphatic heterocycles. The first-order valence-electron chi connectivity index (χ1n) is 8.62. The highest BCUT2D eigenvalue weighted by molar-refractivity contribution is 6.08. The highest BCUT2D eigenvalue weighted by atomic mass is 19.1. The molecule has 0 fully saturated rings. The standard InChI is InChI=1S/C20H15FN4O4/c1-10-17-14(19(27)24-23-18(26)12-7-8-28-11(12)2)9-16(22-20(17)29-25-10)13-5-3-4-6-15(13)21/h3-9H,1-2H3,(H,23,26)(H,24,27). The van der Waals surface area contributed by atoms with Crippen molar-refractivity contribution < 1.29 is 22.9 Å². The number of aryl methyl sites for hydroxylation is 2. The molecular weight excluding hydrogens is 379 g/mol. The smallest absolute Gasteiger partial charge is 0.273 e. The average Bonchev–Trinajstić information content (AvgIpc) is 3.31. The van der Waals surface area contributed by atoms with E-state index in [1.165, 1.54) is 30.5 Å². The highest BCUT2D eigenvalue weighted by Gasteiger charge is 2.21. The molecule has 0 saturated heterocycles. The van der Waals surface area contributed by atoms with Crippen molar-refractivity contribution in [3.8, 4) is 11.3 Å². The predicted molar refractivity (Wildman–Crippen MR) is 100 cm³/mol. The Kier molecular flexibility index (Phi) is 4.55. The molecule has 3 aromatic heterocycles. The number of pyridine rings is 1. The zero-order chi connectivity index (χ0) is 20.5. The van der Waals surface area contributed by atoms with Crippen molar-refractivity contribution in [2.24, 2.45) is 0 Å². The number of halogens is 1. The number of hydrogen-bond acceptors (Lipinski definition) is 6. The van der Waals surface area contributed by atoms with Crippen LogP contribution in [0.3, 0.4) is 0 Å². The lowest BCUT2D eigenvalue weighted by Crippen LogP contribution is -2.41. The second kappa shape index (κ2) is 7.19. The van der Waals surface area contributed by atoms with Gasteiger partial charge >= 0.3 is 0 Å². The van der Waals surface area contributed by atoms with Crippen molar-refractivity contribution in [1.82, 2.24) is 21.0 Å². The molecule has 4 aromatic rings. The van der Waals surface area contributed by atoms with E-state index in [0.717, 1.165) is 0 Å². The zero-order valence-electron chi connectivity index (χ0n) is 15.4. The molecule has 1 aromatic carbocycles. The van der Waals surface area contributed by atoms with Gasteiger partial charge in [0.25, 0.3) is 17.5 Å². The van der Waals surface area contributed by atoms with Crippen molar-refractivity contribution in [1.29, 1.82) is 0 Å². The van der Waals surface area contributed by atoms with Crippen LogP contribution in [-0.2, 0) is 0 Å². The van der Waals surface area contributed by atoms with Crippen LogP contribution in [0, 0.1) is 19.7 Å². The fourth-order valence-electron chi connectivity index (χ4n) is 2.95. The van der Waals surface area contributed by atoms with Gasteiger partial charge in [-0.3, -0.25) is 20.4 Å². The fraction of sp³-hybridized carbons (Fsp3) is 0.100. The highest BCUT2D eigenvalue weighted by Crippen LogP contribution is 2.28. The summed E-state index contributed by atoms with van der Waals surface area (Å²) in [7, 11) is 0. The van der Waals surface area contributed by atoms with Gasteiger partial charge in [0.05, 0.1) is 34.2 Å². The van der Waals surface area contributed by atoms with Gasteiger partial charge in [-0.05, 0) is 38.1 Å². The molecule has 0 aliphatic rings. The monoisotopic (exact) mass is 394 g/mol. The van der Waals surface area contributed by atoms with E-state index in [9.17, 15) is 14.0 Å². The van der Waals surface area contributed by atoms with E-state index in [4.69, 9.17) is 8.94 Å². The van der Waals surface area contributed by atoms with Crippen LogP contribution in [0.25, 0.3) is 22.4 Å². The Balaban J connectivity index is 1.69. The van der Waals surface area contributed by atoms with Crippen LogP contribution in [0.5, 0.6) is 0 Å². The minimum absolute atomic E-state index is 0.0883. The van der Waals surface area contributed by atoms with Gasteiger partial charge in [0.2, 0.25) is 0 Å². The summed E-state index contributed by atoms with van der Waals surface area (Å²) in [5, 5.41) is 4.20. The molecule has 8 nitrogen and oxygen atoms in total. The molecule has 0 unspecified atom stereocenters. The molecule has 0 bridgehead atoms. The quantitative estimate of drug-likeness (QED) is 0.516. The second-order valence-corrected chi connectivity index (χ2v) is 6.28. The second-order valence-electron chi connectivity index (χ2n) is 6.28. The zero-order valence-corrected chi connectivity index (χ0v) is 15.4. The van der Waals surface area contributed by atoms with Crippen LogP contribution in [0.2, 0.25) is 0 Å². The van der Waals surface area contributed by atoms with Crippen LogP contribution in [0.4, 0.5) is 4.39 Å². The maximum atomic E-state index is 14.2. The van der Waals surface area contributed by atoms with E-state index in [1.54, 1.807) is 26.0 Å². The van der Waals surface area contributed by atoms with Gasteiger partial charge in [-0.15, -0.1) is 0 Å². The van der Waals surface area contributed by atoms with Crippen LogP contribution < -0.4 is 10.9 Å². The van der Waals surface area contributed by atoms with Crippen molar-refractivity contribution in [3.63, 3.8) is 0 Å². The number of nitrogens with one attached hydrogen (secondary N) is 2. The summed E-state index contributed by atoms with van der Waals surface area (Å²) in [6, 6.07) is 8.95. The number of carbonyl (C=O) groups excluding carboxylic acids is 2. The number of amides is 2. The minimum atomic E-state index is -0.629. The topological polar surface area (TPSA) is 110 Å². The van der Waals surface area contributed by atoms with Crippen LogP contribution in [-0.4, -0.2) is 22.0 Å². The van der Waals surface area contributed by atoms with Gasteiger partial charge in [-0.2, -0.15) is 0 Å². The number of rotatable bonds is 3. The average molecular weight is 394 g/mol. The van der Waals surface area contributed by atoms with E-state index < -0.39 is 17.6 Å². The number of fused-ring (bicyclic) bond motifs is 1. The number of hydrazine groups is 1. The van der Waals surface area contributed by atoms with E-state index in [1.807, 2.05) is 0 Å². The number of carbonyl (C=O) groups is 2. The van der Waals surface area contributed by atoms with Gasteiger partial charge in [-0.25, -0.2) is 9.37 Å². The summed E-state index contributed by atoms with van der Waals surface area (Å²) in [5.74, 6) is -1.24. The van der Waals surface area contributed by atoms with E-state index >= 15 is 0 Å². The summed E-state index contributed by atoms with van der Waals surface area (Å²) in [6.45, 7) is 3.28. The summed E-state index contributed by atoms with van der Waals surface area (Å²) >= 11 is 0. The maximum absolute atomic E-state index is 14.2. The maximum Gasteiger partial charge on any atom is 0.273 e.